The van der Waals surface area contributed by atoms with Gasteiger partial charge in [0.1, 0.15) is 11.3 Å². The molecular formula is C7H7N3O4. The summed E-state index contributed by atoms with van der Waals surface area (Å²) in [5, 5.41) is 28.2. The Labute approximate surface area is 77.5 Å². The van der Waals surface area contributed by atoms with Crippen LogP contribution in [-0.4, -0.2) is 31.6 Å². The molecule has 0 saturated heterocycles. The number of hydrogen-bond donors (Lipinski definition) is 4. The Bertz CT molecular complexity index is 452. The van der Waals surface area contributed by atoms with Crippen LogP contribution >= 0.6 is 0 Å². The molecule has 1 aromatic heterocycles. The highest BCUT2D eigenvalue weighted by Gasteiger charge is 2.27. The summed E-state index contributed by atoms with van der Waals surface area (Å²) in [6, 6.07) is 0. The molecule has 14 heavy (non-hydrogen) atoms. The molecule has 0 spiro atoms. The molecule has 0 amide bonds. The first-order chi connectivity index (χ1) is 6.61. The molecule has 0 saturated carbocycles. The Morgan fingerprint density at radius 3 is 3.00 bits per heavy atom. The van der Waals surface area contributed by atoms with Crippen molar-refractivity contribution in [2.45, 2.75) is 6.23 Å². The van der Waals surface area contributed by atoms with Gasteiger partial charge in [0.2, 0.25) is 0 Å². The number of hydrogen-bond acceptors (Lipinski definition) is 6. The van der Waals surface area contributed by atoms with Crippen LogP contribution in [-0.2, 0) is 0 Å². The largest absolute Gasteiger partial charge is 0.507 e. The maximum atomic E-state index is 11.2. The first-order valence-electron chi connectivity index (χ1n) is 3.76. The van der Waals surface area contributed by atoms with Gasteiger partial charge in [0.05, 0.1) is 6.33 Å². The van der Waals surface area contributed by atoms with E-state index in [0.29, 0.717) is 5.06 Å². The summed E-state index contributed by atoms with van der Waals surface area (Å²) < 4.78 is 0. The molecule has 4 N–H and O–H groups in total. The van der Waals surface area contributed by atoms with E-state index in [1.165, 1.54) is 0 Å². The van der Waals surface area contributed by atoms with Crippen LogP contribution < -0.4 is 10.6 Å². The Morgan fingerprint density at radius 1 is 1.57 bits per heavy atom. The average Bonchev–Trinajstić information content (AvgIpc) is 2.14. The van der Waals surface area contributed by atoms with Gasteiger partial charge in [0.25, 0.3) is 5.56 Å². The molecule has 1 atom stereocenters. The van der Waals surface area contributed by atoms with E-state index in [1.807, 2.05) is 0 Å². The van der Waals surface area contributed by atoms with E-state index >= 15 is 0 Å². The van der Waals surface area contributed by atoms with E-state index in [9.17, 15) is 20.2 Å². The lowest BCUT2D eigenvalue weighted by molar-refractivity contribution is 0.0942. The minimum Gasteiger partial charge on any atom is -0.507 e. The molecule has 1 aliphatic rings. The topological polar surface area (TPSA) is 110 Å². The van der Waals surface area contributed by atoms with Crippen molar-refractivity contribution in [3.05, 3.63) is 28.3 Å². The summed E-state index contributed by atoms with van der Waals surface area (Å²) in [4.78, 5) is 17.1. The van der Waals surface area contributed by atoms with Gasteiger partial charge < -0.3 is 15.2 Å². The van der Waals surface area contributed by atoms with Crippen molar-refractivity contribution in [3.8, 4) is 0 Å². The number of anilines is 1. The predicted octanol–water partition coefficient (Wildman–Crippen LogP) is -0.804. The SMILES string of the molecule is O=c1[nH]cnc2c1C(O)=CC(O)N2O. The van der Waals surface area contributed by atoms with Crippen molar-refractivity contribution >= 4 is 11.6 Å². The molecule has 74 valence electrons. The second-order valence-electron chi connectivity index (χ2n) is 2.74. The number of aromatic amines is 1. The van der Waals surface area contributed by atoms with Gasteiger partial charge in [-0.25, -0.2) is 10.0 Å². The molecule has 7 nitrogen and oxygen atoms in total. The number of aliphatic hydroxyl groups excluding tert-OH is 2. The molecule has 0 bridgehead atoms. The maximum Gasteiger partial charge on any atom is 0.263 e. The van der Waals surface area contributed by atoms with Crippen molar-refractivity contribution in [2.24, 2.45) is 0 Å². The average molecular weight is 197 g/mol. The van der Waals surface area contributed by atoms with E-state index in [4.69, 9.17) is 0 Å². The van der Waals surface area contributed by atoms with E-state index in [1.54, 1.807) is 0 Å². The third kappa shape index (κ3) is 1.07. The number of nitrogens with one attached hydrogen (secondary N) is 1. The van der Waals surface area contributed by atoms with Crippen molar-refractivity contribution in [2.75, 3.05) is 5.06 Å². The van der Waals surface area contributed by atoms with Gasteiger partial charge in [-0.3, -0.25) is 10.0 Å². The van der Waals surface area contributed by atoms with Gasteiger partial charge in [-0.05, 0) is 0 Å². The van der Waals surface area contributed by atoms with Gasteiger partial charge >= 0.3 is 0 Å². The lowest BCUT2D eigenvalue weighted by Gasteiger charge is -2.25. The molecule has 0 radical (unpaired) electrons. The van der Waals surface area contributed by atoms with Crippen LogP contribution in [0, 0.1) is 0 Å². The summed E-state index contributed by atoms with van der Waals surface area (Å²) in [6.07, 6.45) is 0.589. The molecule has 2 heterocycles. The minimum absolute atomic E-state index is 0.166. The highest BCUT2D eigenvalue weighted by atomic mass is 16.5. The van der Waals surface area contributed by atoms with E-state index in [0.717, 1.165) is 12.4 Å². The van der Waals surface area contributed by atoms with Crippen LogP contribution in [0.25, 0.3) is 5.76 Å². The Morgan fingerprint density at radius 2 is 2.29 bits per heavy atom. The summed E-state index contributed by atoms with van der Waals surface area (Å²) >= 11 is 0. The van der Waals surface area contributed by atoms with Gasteiger partial charge in [0, 0.05) is 6.08 Å². The molecular weight excluding hydrogens is 190 g/mol. The lowest BCUT2D eigenvalue weighted by Crippen LogP contribution is -2.37. The fourth-order valence-corrected chi connectivity index (χ4v) is 1.22. The third-order valence-electron chi connectivity index (χ3n) is 1.86. The zero-order valence-electron chi connectivity index (χ0n) is 6.88. The summed E-state index contributed by atoms with van der Waals surface area (Å²) in [5.41, 5.74) is -0.755. The van der Waals surface area contributed by atoms with Gasteiger partial charge in [-0.2, -0.15) is 0 Å². The maximum absolute atomic E-state index is 11.2. The molecule has 0 aliphatic carbocycles. The zero-order chi connectivity index (χ0) is 10.3. The standard InChI is InChI=1S/C7H7N3O4/c11-3-1-4(12)10(14)6-5(3)7(13)9-2-8-6/h1-2,4,11-12,14H,(H,8,9,13). The molecule has 0 fully saturated rings. The molecule has 0 aromatic carbocycles. The number of fused-ring (bicyclic) bond motifs is 1. The summed E-state index contributed by atoms with van der Waals surface area (Å²) in [6.45, 7) is 0. The van der Waals surface area contributed by atoms with Crippen molar-refractivity contribution < 1.29 is 15.4 Å². The van der Waals surface area contributed by atoms with Crippen LogP contribution in [0.1, 0.15) is 5.56 Å². The van der Waals surface area contributed by atoms with Crippen LogP contribution in [0.15, 0.2) is 17.2 Å². The normalized spacial score (nSPS) is 20.3. The molecule has 1 aromatic rings. The first-order valence-corrected chi connectivity index (χ1v) is 3.76. The number of aromatic nitrogens is 2. The van der Waals surface area contributed by atoms with E-state index in [-0.39, 0.29) is 11.4 Å². The highest BCUT2D eigenvalue weighted by Crippen LogP contribution is 2.25. The number of H-pyrrole nitrogens is 1. The molecule has 1 aliphatic heterocycles. The van der Waals surface area contributed by atoms with Crippen LogP contribution in [0.5, 0.6) is 0 Å². The fraction of sp³-hybridized carbons (Fsp3) is 0.143. The number of nitrogens with zero attached hydrogens (tertiary/aromatic N) is 2. The highest BCUT2D eigenvalue weighted by molar-refractivity contribution is 5.71. The zero-order valence-corrected chi connectivity index (χ0v) is 6.88. The first kappa shape index (κ1) is 8.73. The number of hydroxylamine groups is 1. The van der Waals surface area contributed by atoms with Crippen molar-refractivity contribution in [1.29, 1.82) is 0 Å². The Hall–Kier alpha value is -1.86. The predicted molar refractivity (Wildman–Crippen MR) is 45.7 cm³/mol. The quantitative estimate of drug-likeness (QED) is 0.433. The van der Waals surface area contributed by atoms with Crippen LogP contribution in [0.2, 0.25) is 0 Å². The van der Waals surface area contributed by atoms with Crippen LogP contribution in [0.4, 0.5) is 5.82 Å². The van der Waals surface area contributed by atoms with Crippen molar-refractivity contribution in [1.82, 2.24) is 9.97 Å². The van der Waals surface area contributed by atoms with Gasteiger partial charge in [-0.1, -0.05) is 0 Å². The second-order valence-corrected chi connectivity index (χ2v) is 2.74. The van der Waals surface area contributed by atoms with Gasteiger partial charge in [0.15, 0.2) is 12.0 Å². The third-order valence-corrected chi connectivity index (χ3v) is 1.86. The molecule has 7 heteroatoms. The van der Waals surface area contributed by atoms with E-state index in [2.05, 4.69) is 9.97 Å². The molecule has 1 unspecified atom stereocenters. The van der Waals surface area contributed by atoms with E-state index < -0.39 is 17.5 Å². The fourth-order valence-electron chi connectivity index (χ4n) is 1.22. The Balaban J connectivity index is 2.72. The van der Waals surface area contributed by atoms with Crippen LogP contribution in [0.3, 0.4) is 0 Å². The van der Waals surface area contributed by atoms with Gasteiger partial charge in [-0.15, -0.1) is 0 Å². The molecule has 2 rings (SSSR count). The van der Waals surface area contributed by atoms with Crippen molar-refractivity contribution in [3.63, 3.8) is 0 Å². The Kier molecular flexibility index (Phi) is 1.76. The number of aliphatic hydroxyl groups is 2. The number of rotatable bonds is 0. The minimum atomic E-state index is -1.41. The summed E-state index contributed by atoms with van der Waals surface area (Å²) in [5.74, 6) is -0.589. The summed E-state index contributed by atoms with van der Waals surface area (Å²) in [7, 11) is 0. The smallest absolute Gasteiger partial charge is 0.263 e. The second kappa shape index (κ2) is 2.82. The monoisotopic (exact) mass is 197 g/mol. The lowest BCUT2D eigenvalue weighted by atomic mass is 10.1.